The highest BCUT2D eigenvalue weighted by Gasteiger charge is 2.19. The first-order valence-electron chi connectivity index (χ1n) is 33.4. The molecule has 0 radical (unpaired) electrons. The van der Waals surface area contributed by atoms with E-state index in [1.54, 1.807) is 0 Å². The van der Waals surface area contributed by atoms with E-state index < -0.39 is 6.10 Å². The first-order valence-corrected chi connectivity index (χ1v) is 33.4. The minimum Gasteiger partial charge on any atom is -0.462 e. The second kappa shape index (κ2) is 61.3. The Morgan fingerprint density at radius 1 is 0.274 bits per heavy atom. The molecular formula is C67H130O6. The number of rotatable bonds is 62. The molecule has 2 atom stereocenters. The van der Waals surface area contributed by atoms with Crippen molar-refractivity contribution in [3.63, 3.8) is 0 Å². The summed E-state index contributed by atoms with van der Waals surface area (Å²) in [6, 6.07) is 0. The zero-order chi connectivity index (χ0) is 53.0. The Balaban J connectivity index is 4.25. The predicted octanol–water partition coefficient (Wildman–Crippen LogP) is 22.5. The van der Waals surface area contributed by atoms with Crippen LogP contribution in [0, 0.1) is 5.92 Å². The van der Waals surface area contributed by atoms with Crippen LogP contribution in [0.4, 0.5) is 0 Å². The lowest BCUT2D eigenvalue weighted by atomic mass is 9.99. The molecule has 6 nitrogen and oxygen atoms in total. The molecule has 0 saturated heterocycles. The van der Waals surface area contributed by atoms with Gasteiger partial charge in [0.15, 0.2) is 6.10 Å². The molecule has 73 heavy (non-hydrogen) atoms. The normalized spacial score (nSPS) is 12.3. The van der Waals surface area contributed by atoms with Gasteiger partial charge in [-0.2, -0.15) is 0 Å². The van der Waals surface area contributed by atoms with Crippen molar-refractivity contribution in [2.45, 2.75) is 393 Å². The van der Waals surface area contributed by atoms with E-state index in [-0.39, 0.29) is 31.1 Å². The van der Waals surface area contributed by atoms with E-state index >= 15 is 0 Å². The van der Waals surface area contributed by atoms with Crippen LogP contribution in [0.2, 0.25) is 0 Å². The molecule has 0 aliphatic heterocycles. The Morgan fingerprint density at radius 3 is 0.712 bits per heavy atom. The summed E-state index contributed by atoms with van der Waals surface area (Å²) in [5.41, 5.74) is 0. The second-order valence-electron chi connectivity index (χ2n) is 23.4. The molecule has 0 spiro atoms. The van der Waals surface area contributed by atoms with Crippen LogP contribution in [0.25, 0.3) is 0 Å². The zero-order valence-corrected chi connectivity index (χ0v) is 50.1. The number of hydrogen-bond donors (Lipinski definition) is 0. The highest BCUT2D eigenvalue weighted by molar-refractivity contribution is 5.71. The van der Waals surface area contributed by atoms with Crippen LogP contribution in [-0.2, 0) is 28.6 Å². The smallest absolute Gasteiger partial charge is 0.306 e. The third-order valence-corrected chi connectivity index (χ3v) is 15.9. The topological polar surface area (TPSA) is 78.9 Å². The standard InChI is InChI=1S/C67H130O6/c1-5-8-10-12-14-16-18-20-22-23-27-32-36-40-44-48-52-56-60-67(70)73-64(61-71-65(68)58-54-50-46-42-38-34-29-21-19-17-15-13-11-9-6-2)62-72-66(69)59-55-51-47-43-39-35-31-28-25-24-26-30-33-37-41-45-49-53-57-63(4)7-3/h63-64H,5-62H2,1-4H3/t63?,64-/m1/s1. The van der Waals surface area contributed by atoms with E-state index in [1.807, 2.05) is 0 Å². The average molecular weight is 1030 g/mol. The van der Waals surface area contributed by atoms with Crippen molar-refractivity contribution in [1.29, 1.82) is 0 Å². The van der Waals surface area contributed by atoms with Gasteiger partial charge in [-0.25, -0.2) is 0 Å². The minimum absolute atomic E-state index is 0.0608. The molecule has 0 aliphatic carbocycles. The molecule has 434 valence electrons. The van der Waals surface area contributed by atoms with Crippen LogP contribution in [-0.4, -0.2) is 37.2 Å². The molecule has 0 aromatic heterocycles. The van der Waals surface area contributed by atoms with Crippen molar-refractivity contribution in [3.05, 3.63) is 0 Å². The Morgan fingerprint density at radius 2 is 0.479 bits per heavy atom. The molecule has 0 aromatic rings. The Labute approximate surface area is 457 Å². The molecule has 0 saturated carbocycles. The summed E-state index contributed by atoms with van der Waals surface area (Å²) in [6.07, 6.45) is 69.6. The summed E-state index contributed by atoms with van der Waals surface area (Å²) < 4.78 is 17.0. The highest BCUT2D eigenvalue weighted by Crippen LogP contribution is 2.19. The first kappa shape index (κ1) is 71.4. The summed E-state index contributed by atoms with van der Waals surface area (Å²) in [7, 11) is 0. The maximum absolute atomic E-state index is 12.9. The van der Waals surface area contributed by atoms with E-state index in [0.717, 1.165) is 63.7 Å². The van der Waals surface area contributed by atoms with Crippen molar-refractivity contribution in [3.8, 4) is 0 Å². The molecule has 0 bridgehead atoms. The summed E-state index contributed by atoms with van der Waals surface area (Å²) in [4.78, 5) is 38.4. The number of carbonyl (C=O) groups is 3. The minimum atomic E-state index is -0.763. The van der Waals surface area contributed by atoms with Gasteiger partial charge in [0.2, 0.25) is 0 Å². The van der Waals surface area contributed by atoms with E-state index in [1.165, 1.54) is 283 Å². The fourth-order valence-electron chi connectivity index (χ4n) is 10.5. The monoisotopic (exact) mass is 1030 g/mol. The Bertz CT molecular complexity index is 1110. The lowest BCUT2D eigenvalue weighted by Gasteiger charge is -2.18. The van der Waals surface area contributed by atoms with Crippen LogP contribution in [0.3, 0.4) is 0 Å². The van der Waals surface area contributed by atoms with Gasteiger partial charge in [-0.15, -0.1) is 0 Å². The van der Waals surface area contributed by atoms with Gasteiger partial charge < -0.3 is 14.2 Å². The number of esters is 3. The predicted molar refractivity (Wildman–Crippen MR) is 317 cm³/mol. The van der Waals surface area contributed by atoms with E-state index in [9.17, 15) is 14.4 Å². The van der Waals surface area contributed by atoms with E-state index in [4.69, 9.17) is 14.2 Å². The number of ether oxygens (including phenoxy) is 3. The van der Waals surface area contributed by atoms with Gasteiger partial charge in [-0.3, -0.25) is 14.4 Å². The SMILES string of the molecule is CCCCCCCCCCCCCCCCCCCCC(=O)O[C@H](COC(=O)CCCCCCCCCCCCCCCCC)COC(=O)CCCCCCCCCCCCCCCCCCCCC(C)CC. The molecule has 0 heterocycles. The quantitative estimate of drug-likeness (QED) is 0.0343. The molecule has 0 aliphatic rings. The fraction of sp³-hybridized carbons (Fsp3) is 0.955. The van der Waals surface area contributed by atoms with Crippen molar-refractivity contribution < 1.29 is 28.6 Å². The van der Waals surface area contributed by atoms with Crippen molar-refractivity contribution in [2.75, 3.05) is 13.2 Å². The molecule has 0 fully saturated rings. The molecule has 0 amide bonds. The van der Waals surface area contributed by atoms with Gasteiger partial charge in [0.1, 0.15) is 13.2 Å². The summed E-state index contributed by atoms with van der Waals surface area (Å²) in [5, 5.41) is 0. The largest absolute Gasteiger partial charge is 0.462 e. The van der Waals surface area contributed by atoms with Crippen molar-refractivity contribution in [2.24, 2.45) is 5.92 Å². The van der Waals surface area contributed by atoms with Gasteiger partial charge in [-0.1, -0.05) is 349 Å². The summed E-state index contributed by atoms with van der Waals surface area (Å²) >= 11 is 0. The lowest BCUT2D eigenvalue weighted by Crippen LogP contribution is -2.30. The van der Waals surface area contributed by atoms with Crippen LogP contribution < -0.4 is 0 Å². The van der Waals surface area contributed by atoms with E-state index in [0.29, 0.717) is 19.3 Å². The highest BCUT2D eigenvalue weighted by atomic mass is 16.6. The van der Waals surface area contributed by atoms with Gasteiger partial charge in [-0.05, 0) is 25.2 Å². The second-order valence-corrected chi connectivity index (χ2v) is 23.4. The number of carbonyl (C=O) groups excluding carboxylic acids is 3. The average Bonchev–Trinajstić information content (AvgIpc) is 3.39. The van der Waals surface area contributed by atoms with Gasteiger partial charge in [0, 0.05) is 19.3 Å². The number of unbranched alkanes of at least 4 members (excludes halogenated alkanes) is 48. The van der Waals surface area contributed by atoms with Gasteiger partial charge in [0.05, 0.1) is 0 Å². The number of hydrogen-bond acceptors (Lipinski definition) is 6. The third-order valence-electron chi connectivity index (χ3n) is 15.9. The molecule has 6 heteroatoms. The van der Waals surface area contributed by atoms with Crippen LogP contribution >= 0.6 is 0 Å². The van der Waals surface area contributed by atoms with Gasteiger partial charge in [0.25, 0.3) is 0 Å². The zero-order valence-electron chi connectivity index (χ0n) is 50.1. The molecule has 0 aromatic carbocycles. The maximum atomic E-state index is 12.9. The summed E-state index contributed by atoms with van der Waals surface area (Å²) in [5.74, 6) is 0.0860. The molecular weight excluding hydrogens is 901 g/mol. The first-order chi connectivity index (χ1) is 35.9. The van der Waals surface area contributed by atoms with Crippen molar-refractivity contribution >= 4 is 17.9 Å². The fourth-order valence-corrected chi connectivity index (χ4v) is 10.5. The van der Waals surface area contributed by atoms with E-state index in [2.05, 4.69) is 27.7 Å². The van der Waals surface area contributed by atoms with Gasteiger partial charge >= 0.3 is 17.9 Å². The molecule has 0 rings (SSSR count). The Hall–Kier alpha value is -1.59. The van der Waals surface area contributed by atoms with Crippen molar-refractivity contribution in [1.82, 2.24) is 0 Å². The lowest BCUT2D eigenvalue weighted by molar-refractivity contribution is -0.167. The third kappa shape index (κ3) is 59.5. The summed E-state index contributed by atoms with van der Waals surface area (Å²) in [6.45, 7) is 9.14. The van der Waals surface area contributed by atoms with Crippen LogP contribution in [0.1, 0.15) is 387 Å². The molecule has 0 N–H and O–H groups in total. The maximum Gasteiger partial charge on any atom is 0.306 e. The van der Waals surface area contributed by atoms with Crippen LogP contribution in [0.15, 0.2) is 0 Å². The molecule has 1 unspecified atom stereocenters. The Kier molecular flexibility index (Phi) is 59.9. The van der Waals surface area contributed by atoms with Crippen LogP contribution in [0.5, 0.6) is 0 Å².